The lowest BCUT2D eigenvalue weighted by Crippen LogP contribution is -2.48. The molecular formula is C27H38N4O3. The maximum Gasteiger partial charge on any atom is 0.410 e. The van der Waals surface area contributed by atoms with Crippen molar-refractivity contribution in [1.29, 1.82) is 0 Å². The highest BCUT2D eigenvalue weighted by atomic mass is 16.6. The average molecular weight is 467 g/mol. The van der Waals surface area contributed by atoms with E-state index in [0.29, 0.717) is 19.1 Å². The molecule has 1 amide bonds. The normalized spacial score (nSPS) is 17.5. The Morgan fingerprint density at radius 2 is 1.76 bits per heavy atom. The first-order valence-corrected chi connectivity index (χ1v) is 12.4. The molecule has 0 bridgehead atoms. The predicted molar refractivity (Wildman–Crippen MR) is 135 cm³/mol. The van der Waals surface area contributed by atoms with E-state index in [1.54, 1.807) is 0 Å². The lowest BCUT2D eigenvalue weighted by atomic mass is 10.0. The summed E-state index contributed by atoms with van der Waals surface area (Å²) in [6.07, 6.45) is 5.42. The number of pyridine rings is 1. The number of aromatic nitrogens is 1. The van der Waals surface area contributed by atoms with E-state index in [4.69, 9.17) is 9.47 Å². The van der Waals surface area contributed by atoms with Crippen molar-refractivity contribution < 1.29 is 14.3 Å². The minimum atomic E-state index is -0.472. The first-order valence-electron chi connectivity index (χ1n) is 12.4. The summed E-state index contributed by atoms with van der Waals surface area (Å²) in [4.78, 5) is 23.6. The molecule has 7 heteroatoms. The third kappa shape index (κ3) is 6.20. The topological polar surface area (TPSA) is 58.1 Å². The molecule has 184 valence electrons. The van der Waals surface area contributed by atoms with Gasteiger partial charge in [-0.1, -0.05) is 0 Å². The van der Waals surface area contributed by atoms with Crippen molar-refractivity contribution in [3.05, 3.63) is 53.9 Å². The number of morpholine rings is 1. The van der Waals surface area contributed by atoms with Crippen molar-refractivity contribution in [2.45, 2.75) is 58.7 Å². The molecule has 7 nitrogen and oxygen atoms in total. The number of hydrogen-bond acceptors (Lipinski definition) is 6. The first-order chi connectivity index (χ1) is 16.3. The minimum Gasteiger partial charge on any atom is -0.444 e. The Labute approximate surface area is 203 Å². The molecule has 0 spiro atoms. The molecule has 1 aromatic carbocycles. The minimum absolute atomic E-state index is 0.213. The summed E-state index contributed by atoms with van der Waals surface area (Å²) < 4.78 is 11.1. The number of ether oxygens (including phenoxy) is 2. The van der Waals surface area contributed by atoms with Crippen LogP contribution < -0.4 is 9.80 Å². The molecule has 4 rings (SSSR count). The number of rotatable bonds is 5. The van der Waals surface area contributed by atoms with Gasteiger partial charge in [0.25, 0.3) is 0 Å². The van der Waals surface area contributed by atoms with Crippen molar-refractivity contribution in [2.75, 3.05) is 49.2 Å². The average Bonchev–Trinajstić information content (AvgIpc) is 2.83. The fraction of sp³-hybridized carbons (Fsp3) is 0.556. The fourth-order valence-corrected chi connectivity index (χ4v) is 4.64. The molecule has 1 aromatic heterocycles. The van der Waals surface area contributed by atoms with Crippen LogP contribution in [0.5, 0.6) is 0 Å². The van der Waals surface area contributed by atoms with Crippen molar-refractivity contribution in [3.63, 3.8) is 0 Å². The Hall–Kier alpha value is -2.80. The lowest BCUT2D eigenvalue weighted by Gasteiger charge is -2.40. The second kappa shape index (κ2) is 10.6. The quantitative estimate of drug-likeness (QED) is 0.640. The van der Waals surface area contributed by atoms with E-state index in [1.807, 2.05) is 38.1 Å². The van der Waals surface area contributed by atoms with Crippen LogP contribution in [-0.2, 0) is 16.0 Å². The molecular weight excluding hydrogens is 428 g/mol. The summed E-state index contributed by atoms with van der Waals surface area (Å²) in [6, 6.07) is 11.3. The van der Waals surface area contributed by atoms with Crippen molar-refractivity contribution in [1.82, 2.24) is 9.88 Å². The molecule has 2 fully saturated rings. The third-order valence-electron chi connectivity index (χ3n) is 6.60. The highest BCUT2D eigenvalue weighted by Crippen LogP contribution is 2.29. The maximum atomic E-state index is 12.6. The highest BCUT2D eigenvalue weighted by Gasteiger charge is 2.30. The molecule has 2 aliphatic rings. The van der Waals surface area contributed by atoms with Crippen LogP contribution in [0.2, 0.25) is 0 Å². The van der Waals surface area contributed by atoms with Crippen LogP contribution in [0.15, 0.2) is 42.7 Å². The molecule has 2 aliphatic heterocycles. The number of carbonyl (C=O) groups is 1. The van der Waals surface area contributed by atoms with Gasteiger partial charge in [-0.05, 0) is 82.0 Å². The number of anilines is 2. The van der Waals surface area contributed by atoms with E-state index in [0.717, 1.165) is 45.7 Å². The lowest BCUT2D eigenvalue weighted by molar-refractivity contribution is 0.0204. The molecule has 3 heterocycles. The second-order valence-corrected chi connectivity index (χ2v) is 10.2. The van der Waals surface area contributed by atoms with Gasteiger partial charge >= 0.3 is 6.09 Å². The smallest absolute Gasteiger partial charge is 0.410 e. The van der Waals surface area contributed by atoms with E-state index in [2.05, 4.69) is 52.0 Å². The standard InChI is InChI=1S/C27H38N4O3/c1-21-9-12-28-19-22(21)20-31(24-7-5-23(6-8-24)29-15-17-33-18-16-29)25-10-13-30(14-11-25)26(32)34-27(2,3)4/h5-9,12,19,25H,10-11,13-18,20H2,1-4H3. The zero-order chi connectivity index (χ0) is 24.1. The van der Waals surface area contributed by atoms with Crippen LogP contribution in [0.4, 0.5) is 16.2 Å². The number of carbonyl (C=O) groups excluding carboxylic acids is 1. The van der Waals surface area contributed by atoms with E-state index >= 15 is 0 Å². The molecule has 2 aromatic rings. The molecule has 0 aliphatic carbocycles. The van der Waals surface area contributed by atoms with Gasteiger partial charge in [0.05, 0.1) is 13.2 Å². The van der Waals surface area contributed by atoms with E-state index in [-0.39, 0.29) is 6.09 Å². The molecule has 0 unspecified atom stereocenters. The summed E-state index contributed by atoms with van der Waals surface area (Å²) in [6.45, 7) is 13.5. The summed E-state index contributed by atoms with van der Waals surface area (Å²) >= 11 is 0. The Balaban J connectivity index is 1.50. The summed E-state index contributed by atoms with van der Waals surface area (Å²) in [5.41, 5.74) is 4.45. The van der Waals surface area contributed by atoms with Gasteiger partial charge in [-0.15, -0.1) is 0 Å². The van der Waals surface area contributed by atoms with Crippen LogP contribution in [0.25, 0.3) is 0 Å². The number of likely N-dealkylation sites (tertiary alicyclic amines) is 1. The molecule has 0 radical (unpaired) electrons. The number of nitrogens with zero attached hydrogens (tertiary/aromatic N) is 4. The Bertz CT molecular complexity index is 943. The predicted octanol–water partition coefficient (Wildman–Crippen LogP) is 4.63. The zero-order valence-electron chi connectivity index (χ0n) is 21.0. The summed E-state index contributed by atoms with van der Waals surface area (Å²) in [7, 11) is 0. The van der Waals surface area contributed by atoms with Gasteiger partial charge in [0.2, 0.25) is 0 Å². The second-order valence-electron chi connectivity index (χ2n) is 10.2. The summed E-state index contributed by atoms with van der Waals surface area (Å²) in [5.74, 6) is 0. The number of amides is 1. The van der Waals surface area contributed by atoms with Crippen LogP contribution >= 0.6 is 0 Å². The number of piperidine rings is 1. The monoisotopic (exact) mass is 466 g/mol. The largest absolute Gasteiger partial charge is 0.444 e. The van der Waals surface area contributed by atoms with Crippen LogP contribution in [0.3, 0.4) is 0 Å². The van der Waals surface area contributed by atoms with Crippen LogP contribution in [0, 0.1) is 6.92 Å². The van der Waals surface area contributed by atoms with Gasteiger partial charge in [0.1, 0.15) is 5.60 Å². The van der Waals surface area contributed by atoms with Crippen molar-refractivity contribution in [3.8, 4) is 0 Å². The number of hydrogen-bond donors (Lipinski definition) is 0. The number of aryl methyl sites for hydroxylation is 1. The number of benzene rings is 1. The van der Waals surface area contributed by atoms with E-state index < -0.39 is 5.60 Å². The fourth-order valence-electron chi connectivity index (χ4n) is 4.64. The van der Waals surface area contributed by atoms with Crippen molar-refractivity contribution >= 4 is 17.5 Å². The third-order valence-corrected chi connectivity index (χ3v) is 6.60. The van der Waals surface area contributed by atoms with Gasteiger partial charge in [-0.2, -0.15) is 0 Å². The molecule has 0 N–H and O–H groups in total. The zero-order valence-corrected chi connectivity index (χ0v) is 21.0. The van der Waals surface area contributed by atoms with Gasteiger partial charge in [-0.25, -0.2) is 4.79 Å². The Morgan fingerprint density at radius 3 is 2.38 bits per heavy atom. The molecule has 0 saturated carbocycles. The summed E-state index contributed by atoms with van der Waals surface area (Å²) in [5, 5.41) is 0. The molecule has 2 saturated heterocycles. The van der Waals surface area contributed by atoms with Gasteiger partial charge < -0.3 is 24.2 Å². The Morgan fingerprint density at radius 1 is 1.09 bits per heavy atom. The van der Waals surface area contributed by atoms with Crippen molar-refractivity contribution in [2.24, 2.45) is 0 Å². The van der Waals surface area contributed by atoms with Gasteiger partial charge in [0, 0.05) is 62.5 Å². The van der Waals surface area contributed by atoms with E-state index in [1.165, 1.54) is 22.5 Å². The molecule has 34 heavy (non-hydrogen) atoms. The first kappa shape index (κ1) is 24.3. The maximum absolute atomic E-state index is 12.6. The SMILES string of the molecule is Cc1ccncc1CN(c1ccc(N2CCOCC2)cc1)C1CCN(C(=O)OC(C)(C)C)CC1. The van der Waals surface area contributed by atoms with Gasteiger partial charge in [0.15, 0.2) is 0 Å². The van der Waals surface area contributed by atoms with Crippen LogP contribution in [-0.4, -0.2) is 67.0 Å². The van der Waals surface area contributed by atoms with Gasteiger partial charge in [-0.3, -0.25) is 4.98 Å². The van der Waals surface area contributed by atoms with E-state index in [9.17, 15) is 4.79 Å². The molecule has 0 atom stereocenters. The highest BCUT2D eigenvalue weighted by molar-refractivity contribution is 5.68. The Kier molecular flexibility index (Phi) is 7.61. The van der Waals surface area contributed by atoms with Crippen LogP contribution in [0.1, 0.15) is 44.7 Å².